The van der Waals surface area contributed by atoms with Crippen LogP contribution in [0.15, 0.2) is 53.7 Å². The van der Waals surface area contributed by atoms with Gasteiger partial charge in [-0.1, -0.05) is 17.8 Å². The van der Waals surface area contributed by atoms with E-state index in [0.29, 0.717) is 11.4 Å². The molecule has 0 bridgehead atoms. The Morgan fingerprint density at radius 3 is 2.23 bits per heavy atom. The van der Waals surface area contributed by atoms with Crippen LogP contribution in [0.2, 0.25) is 0 Å². The molecule has 1 aromatic carbocycles. The van der Waals surface area contributed by atoms with E-state index in [9.17, 15) is 9.59 Å². The second-order valence-corrected chi connectivity index (χ2v) is 6.04. The molecule has 2 rings (SSSR count). The molecule has 1 atom stereocenters. The molecular formula is C16H17N3O2S. The number of thioether (sulfide) groups is 1. The van der Waals surface area contributed by atoms with Gasteiger partial charge in [-0.15, -0.1) is 0 Å². The number of nitrogens with zero attached hydrogens (tertiary/aromatic N) is 1. The first-order valence-corrected chi connectivity index (χ1v) is 7.69. The maximum Gasteiger partial charge on any atom is 0.237 e. The van der Waals surface area contributed by atoms with Crippen LogP contribution in [0, 0.1) is 0 Å². The van der Waals surface area contributed by atoms with Gasteiger partial charge in [-0.05, 0) is 43.3 Å². The van der Waals surface area contributed by atoms with Crippen LogP contribution in [0.5, 0.6) is 0 Å². The summed E-state index contributed by atoms with van der Waals surface area (Å²) in [5.41, 5.74) is 1.38. The third-order valence-corrected chi connectivity index (χ3v) is 3.83. The highest BCUT2D eigenvalue weighted by atomic mass is 32.2. The highest BCUT2D eigenvalue weighted by molar-refractivity contribution is 8.00. The summed E-state index contributed by atoms with van der Waals surface area (Å²) in [6, 6.07) is 12.6. The van der Waals surface area contributed by atoms with Gasteiger partial charge in [0.1, 0.15) is 0 Å². The number of aromatic nitrogens is 1. The summed E-state index contributed by atoms with van der Waals surface area (Å²) >= 11 is 1.40. The van der Waals surface area contributed by atoms with E-state index in [-0.39, 0.29) is 17.1 Å². The Balaban J connectivity index is 1.92. The first-order chi connectivity index (χ1) is 10.5. The van der Waals surface area contributed by atoms with Crippen molar-refractivity contribution in [2.24, 2.45) is 0 Å². The SMILES string of the molecule is CC(=O)Nc1ccc(NC(=O)[C@@H](C)Sc2ccccn2)cc1. The Morgan fingerprint density at radius 1 is 1.05 bits per heavy atom. The van der Waals surface area contributed by atoms with Crippen LogP contribution in [0.3, 0.4) is 0 Å². The molecular weight excluding hydrogens is 298 g/mol. The minimum atomic E-state index is -0.259. The van der Waals surface area contributed by atoms with E-state index in [0.717, 1.165) is 5.03 Å². The van der Waals surface area contributed by atoms with Crippen LogP contribution in [-0.2, 0) is 9.59 Å². The quantitative estimate of drug-likeness (QED) is 0.831. The summed E-state index contributed by atoms with van der Waals surface area (Å²) in [4.78, 5) is 27.3. The predicted molar refractivity (Wildman–Crippen MR) is 88.9 cm³/mol. The summed E-state index contributed by atoms with van der Waals surface area (Å²) in [5.74, 6) is -0.222. The molecule has 0 aliphatic carbocycles. The number of nitrogens with one attached hydrogen (secondary N) is 2. The van der Waals surface area contributed by atoms with Crippen molar-refractivity contribution >= 4 is 35.0 Å². The maximum absolute atomic E-state index is 12.2. The highest BCUT2D eigenvalue weighted by Gasteiger charge is 2.15. The molecule has 6 heteroatoms. The molecule has 1 heterocycles. The van der Waals surface area contributed by atoms with Crippen molar-refractivity contribution in [1.82, 2.24) is 4.98 Å². The Morgan fingerprint density at radius 2 is 1.68 bits per heavy atom. The number of rotatable bonds is 5. The van der Waals surface area contributed by atoms with Gasteiger partial charge >= 0.3 is 0 Å². The minimum absolute atomic E-state index is 0.0945. The van der Waals surface area contributed by atoms with Gasteiger partial charge < -0.3 is 10.6 Å². The van der Waals surface area contributed by atoms with Crippen molar-refractivity contribution in [2.45, 2.75) is 24.1 Å². The fourth-order valence-electron chi connectivity index (χ4n) is 1.74. The third-order valence-electron chi connectivity index (χ3n) is 2.78. The zero-order valence-electron chi connectivity index (χ0n) is 12.4. The molecule has 2 aromatic rings. The molecule has 2 N–H and O–H groups in total. The van der Waals surface area contributed by atoms with Gasteiger partial charge in [0.2, 0.25) is 11.8 Å². The van der Waals surface area contributed by atoms with E-state index in [1.807, 2.05) is 25.1 Å². The van der Waals surface area contributed by atoms with Crippen molar-refractivity contribution in [2.75, 3.05) is 10.6 Å². The standard InChI is InChI=1S/C16H17N3O2S/c1-11(22-15-5-3-4-10-17-15)16(21)19-14-8-6-13(7-9-14)18-12(2)20/h3-11H,1-2H3,(H,18,20)(H,19,21)/t11-/m1/s1. The van der Waals surface area contributed by atoms with Gasteiger partial charge in [-0.3, -0.25) is 9.59 Å². The van der Waals surface area contributed by atoms with Crippen molar-refractivity contribution in [3.8, 4) is 0 Å². The first-order valence-electron chi connectivity index (χ1n) is 6.81. The molecule has 22 heavy (non-hydrogen) atoms. The number of carbonyl (C=O) groups is 2. The third kappa shape index (κ3) is 4.89. The zero-order valence-corrected chi connectivity index (χ0v) is 13.2. The van der Waals surface area contributed by atoms with Crippen LogP contribution in [0.25, 0.3) is 0 Å². The lowest BCUT2D eigenvalue weighted by atomic mass is 10.2. The summed E-state index contributed by atoms with van der Waals surface area (Å²) in [7, 11) is 0. The van der Waals surface area contributed by atoms with E-state index in [2.05, 4.69) is 15.6 Å². The first kappa shape index (κ1) is 16.0. The Hall–Kier alpha value is -2.34. The van der Waals surface area contributed by atoms with E-state index in [4.69, 9.17) is 0 Å². The Kier molecular flexibility index (Phi) is 5.55. The number of hydrogen-bond acceptors (Lipinski definition) is 4. The van der Waals surface area contributed by atoms with Gasteiger partial charge in [0.25, 0.3) is 0 Å². The Labute approximate surface area is 133 Å². The second kappa shape index (κ2) is 7.61. The monoisotopic (exact) mass is 315 g/mol. The van der Waals surface area contributed by atoms with Gasteiger partial charge in [0, 0.05) is 24.5 Å². The molecule has 114 valence electrons. The molecule has 0 radical (unpaired) electrons. The zero-order chi connectivity index (χ0) is 15.9. The van der Waals surface area contributed by atoms with Crippen molar-refractivity contribution in [3.05, 3.63) is 48.7 Å². The van der Waals surface area contributed by atoms with Gasteiger partial charge in [-0.25, -0.2) is 4.98 Å². The summed E-state index contributed by atoms with van der Waals surface area (Å²) in [6.07, 6.45) is 1.70. The van der Waals surface area contributed by atoms with Crippen molar-refractivity contribution < 1.29 is 9.59 Å². The van der Waals surface area contributed by atoms with Crippen LogP contribution in [0.4, 0.5) is 11.4 Å². The molecule has 0 saturated heterocycles. The number of hydrogen-bond donors (Lipinski definition) is 2. The van der Waals surface area contributed by atoms with Crippen molar-refractivity contribution in [1.29, 1.82) is 0 Å². The lowest BCUT2D eigenvalue weighted by Gasteiger charge is -2.12. The van der Waals surface area contributed by atoms with Crippen molar-refractivity contribution in [3.63, 3.8) is 0 Å². The number of amides is 2. The van der Waals surface area contributed by atoms with E-state index in [1.165, 1.54) is 18.7 Å². The molecule has 0 unspecified atom stereocenters. The number of benzene rings is 1. The van der Waals surface area contributed by atoms with E-state index < -0.39 is 0 Å². The largest absolute Gasteiger partial charge is 0.326 e. The number of carbonyl (C=O) groups excluding carboxylic acids is 2. The minimum Gasteiger partial charge on any atom is -0.326 e. The van der Waals surface area contributed by atoms with Gasteiger partial charge in [0.15, 0.2) is 0 Å². The average Bonchev–Trinajstić information content (AvgIpc) is 2.49. The lowest BCUT2D eigenvalue weighted by molar-refractivity contribution is -0.115. The molecule has 1 aromatic heterocycles. The van der Waals surface area contributed by atoms with Crippen LogP contribution in [0.1, 0.15) is 13.8 Å². The summed E-state index contributed by atoms with van der Waals surface area (Å²) in [5, 5.41) is 6.07. The normalized spacial score (nSPS) is 11.5. The summed E-state index contributed by atoms with van der Waals surface area (Å²) < 4.78 is 0. The fraction of sp³-hybridized carbons (Fsp3) is 0.188. The fourth-order valence-corrected chi connectivity index (χ4v) is 2.54. The molecule has 0 aliphatic heterocycles. The van der Waals surface area contributed by atoms with Crippen LogP contribution < -0.4 is 10.6 Å². The molecule has 0 fully saturated rings. The number of anilines is 2. The molecule has 0 saturated carbocycles. The molecule has 0 aliphatic rings. The van der Waals surface area contributed by atoms with Gasteiger partial charge in [-0.2, -0.15) is 0 Å². The lowest BCUT2D eigenvalue weighted by Crippen LogP contribution is -2.22. The second-order valence-electron chi connectivity index (χ2n) is 4.68. The smallest absolute Gasteiger partial charge is 0.237 e. The van der Waals surface area contributed by atoms with E-state index in [1.54, 1.807) is 30.5 Å². The van der Waals surface area contributed by atoms with Crippen LogP contribution >= 0.6 is 11.8 Å². The van der Waals surface area contributed by atoms with E-state index >= 15 is 0 Å². The highest BCUT2D eigenvalue weighted by Crippen LogP contribution is 2.22. The topological polar surface area (TPSA) is 71.1 Å². The molecule has 5 nitrogen and oxygen atoms in total. The molecule has 2 amide bonds. The van der Waals surface area contributed by atoms with Gasteiger partial charge in [0.05, 0.1) is 10.3 Å². The number of pyridine rings is 1. The summed E-state index contributed by atoms with van der Waals surface area (Å²) in [6.45, 7) is 3.28. The predicted octanol–water partition coefficient (Wildman–Crippen LogP) is 3.16. The Bertz CT molecular complexity index is 644. The molecule has 0 spiro atoms. The average molecular weight is 315 g/mol. The maximum atomic E-state index is 12.2. The van der Waals surface area contributed by atoms with Crippen LogP contribution in [-0.4, -0.2) is 22.0 Å².